The average Bonchev–Trinajstić information content (AvgIpc) is 3.17. The van der Waals surface area contributed by atoms with E-state index in [1.165, 1.54) is 10.5 Å². The highest BCUT2D eigenvalue weighted by atomic mass is 16.6. The Balaban J connectivity index is 2.03. The van der Waals surface area contributed by atoms with Crippen molar-refractivity contribution in [1.82, 2.24) is 10.2 Å². The van der Waals surface area contributed by atoms with Crippen molar-refractivity contribution in [2.24, 2.45) is 5.16 Å². The fourth-order valence-corrected chi connectivity index (χ4v) is 4.11. The van der Waals surface area contributed by atoms with Gasteiger partial charge in [-0.3, -0.25) is 9.59 Å². The molecule has 2 rings (SSSR count). The molecule has 3 atom stereocenters. The first kappa shape index (κ1) is 26.5. The van der Waals surface area contributed by atoms with Crippen LogP contribution in [0.15, 0.2) is 52.4 Å². The van der Waals surface area contributed by atoms with Crippen molar-refractivity contribution in [1.29, 1.82) is 0 Å². The molecule has 3 N–H and O–H groups in total. The summed E-state index contributed by atoms with van der Waals surface area (Å²) in [5.41, 5.74) is 2.44. The number of β-amino-alcohol motifs (C(OH)–C–C–N with tert-alkyl or cyclic N) is 1. The molecule has 1 heterocycles. The van der Waals surface area contributed by atoms with Crippen molar-refractivity contribution in [2.75, 3.05) is 13.2 Å². The van der Waals surface area contributed by atoms with Crippen molar-refractivity contribution in [3.8, 4) is 0 Å². The molecule has 182 valence electrons. The lowest BCUT2D eigenvalue weighted by Crippen LogP contribution is -2.49. The Labute approximate surface area is 196 Å². The number of hydrogen-bond acceptors (Lipinski definition) is 6. The van der Waals surface area contributed by atoms with E-state index in [2.05, 4.69) is 42.3 Å². The Kier molecular flexibility index (Phi) is 11.1. The Morgan fingerprint density at radius 1 is 1.39 bits per heavy atom. The Bertz CT molecular complexity index is 815. The van der Waals surface area contributed by atoms with Crippen molar-refractivity contribution < 1.29 is 24.6 Å². The molecule has 8 heteroatoms. The van der Waals surface area contributed by atoms with Crippen LogP contribution in [0.1, 0.15) is 58.8 Å². The molecule has 1 saturated heterocycles. The van der Waals surface area contributed by atoms with Crippen molar-refractivity contribution in [3.05, 3.63) is 47.3 Å². The molecule has 0 bridgehead atoms. The molecule has 0 aromatic heterocycles. The minimum absolute atomic E-state index is 0.0711. The number of oxime groups is 1. The molecule has 1 aliphatic carbocycles. The van der Waals surface area contributed by atoms with Gasteiger partial charge in [0, 0.05) is 19.7 Å². The number of nitrogens with one attached hydrogen (secondary N) is 1. The number of hydrogen-bond donors (Lipinski definition) is 3. The lowest BCUT2D eigenvalue weighted by Gasteiger charge is -2.26. The van der Waals surface area contributed by atoms with Crippen LogP contribution in [0.2, 0.25) is 0 Å². The van der Waals surface area contributed by atoms with E-state index in [4.69, 9.17) is 4.84 Å². The maximum absolute atomic E-state index is 13.0. The van der Waals surface area contributed by atoms with Gasteiger partial charge in [-0.25, -0.2) is 0 Å². The van der Waals surface area contributed by atoms with Gasteiger partial charge >= 0.3 is 0 Å². The van der Waals surface area contributed by atoms with Crippen LogP contribution in [0.5, 0.6) is 0 Å². The summed E-state index contributed by atoms with van der Waals surface area (Å²) in [5.74, 6) is -0.360. The third-order valence-corrected chi connectivity index (χ3v) is 5.84. The third kappa shape index (κ3) is 8.29. The number of carbonyl (C=O) groups is 2. The smallest absolute Gasteiger partial charge is 0.243 e. The molecule has 0 radical (unpaired) electrons. The first-order valence-electron chi connectivity index (χ1n) is 11.7. The quantitative estimate of drug-likeness (QED) is 0.190. The van der Waals surface area contributed by atoms with E-state index in [9.17, 15) is 19.8 Å². The van der Waals surface area contributed by atoms with Crippen molar-refractivity contribution in [2.45, 2.75) is 77.0 Å². The van der Waals surface area contributed by atoms with E-state index in [0.717, 1.165) is 24.8 Å². The molecule has 0 aromatic rings. The van der Waals surface area contributed by atoms with Crippen LogP contribution in [-0.2, 0) is 14.4 Å². The van der Waals surface area contributed by atoms with Crippen LogP contribution >= 0.6 is 0 Å². The lowest BCUT2D eigenvalue weighted by atomic mass is 9.99. The van der Waals surface area contributed by atoms with Crippen LogP contribution in [0, 0.1) is 0 Å². The molecular formula is C25H37N3O5. The first-order valence-corrected chi connectivity index (χ1v) is 11.7. The van der Waals surface area contributed by atoms with Gasteiger partial charge in [0.05, 0.1) is 25.2 Å². The topological polar surface area (TPSA) is 111 Å². The summed E-state index contributed by atoms with van der Waals surface area (Å²) in [5, 5.41) is 26.2. The monoisotopic (exact) mass is 459 g/mol. The number of aliphatic hydroxyl groups excluding tert-OH is 2. The van der Waals surface area contributed by atoms with Crippen molar-refractivity contribution >= 4 is 18.5 Å². The Morgan fingerprint density at radius 2 is 2.18 bits per heavy atom. The summed E-state index contributed by atoms with van der Waals surface area (Å²) in [6, 6.07) is -1.29. The van der Waals surface area contributed by atoms with E-state index in [0.29, 0.717) is 18.6 Å². The second-order valence-corrected chi connectivity index (χ2v) is 8.36. The summed E-state index contributed by atoms with van der Waals surface area (Å²) >= 11 is 0. The third-order valence-electron chi connectivity index (χ3n) is 5.84. The number of amides is 2. The summed E-state index contributed by atoms with van der Waals surface area (Å²) in [6.07, 6.45) is 13.4. The molecule has 0 aromatic carbocycles. The lowest BCUT2D eigenvalue weighted by molar-refractivity contribution is -0.138. The van der Waals surface area contributed by atoms with E-state index in [-0.39, 0.29) is 37.8 Å². The van der Waals surface area contributed by atoms with Crippen LogP contribution < -0.4 is 5.32 Å². The standard InChI is InChI=1S/C25H37N3O5/c1-4-8-22(33-26-3)15-24(31)28-16-21(30)14-23(28)25(32)27-20(17-29)13-19-11-6-9-18(5-2)10-7-12-19/h6,8,10-12,20-21,23,29-30H,3-5,7,9,13-17H2,1-2H3,(H,27,32)/b11-6-,18-10-,19-12+,22-8-/t20?,21-,23?/m1/s1. The Morgan fingerprint density at radius 3 is 2.85 bits per heavy atom. The molecule has 8 nitrogen and oxygen atoms in total. The minimum Gasteiger partial charge on any atom is -0.394 e. The summed E-state index contributed by atoms with van der Waals surface area (Å²) in [4.78, 5) is 32.3. The zero-order valence-electron chi connectivity index (χ0n) is 19.7. The zero-order valence-corrected chi connectivity index (χ0v) is 19.7. The maximum atomic E-state index is 13.0. The largest absolute Gasteiger partial charge is 0.394 e. The normalized spacial score (nSPS) is 26.2. The highest BCUT2D eigenvalue weighted by Gasteiger charge is 2.39. The molecule has 0 spiro atoms. The molecule has 1 aliphatic heterocycles. The molecule has 2 amide bonds. The molecule has 1 fully saturated rings. The highest BCUT2D eigenvalue weighted by molar-refractivity contribution is 5.89. The molecule has 33 heavy (non-hydrogen) atoms. The summed E-state index contributed by atoms with van der Waals surface area (Å²) in [6.45, 7) is 7.17. The fourth-order valence-electron chi connectivity index (χ4n) is 4.11. The first-order chi connectivity index (χ1) is 15.9. The SMILES string of the molecule is C=NO/C(=C\CC)CC(=O)N1C[C@H](O)CC1C(=O)NC(CO)CC1=C/C/C=C(/CC)C/C=C\1. The summed E-state index contributed by atoms with van der Waals surface area (Å²) < 4.78 is 0. The number of allylic oxidation sites excluding steroid dienone is 6. The number of nitrogens with zero attached hydrogens (tertiary/aromatic N) is 2. The average molecular weight is 460 g/mol. The number of aliphatic hydroxyl groups is 2. The van der Waals surface area contributed by atoms with Gasteiger partial charge in [-0.15, -0.1) is 0 Å². The van der Waals surface area contributed by atoms with Gasteiger partial charge in [0.15, 0.2) is 0 Å². The van der Waals surface area contributed by atoms with E-state index < -0.39 is 18.2 Å². The van der Waals surface area contributed by atoms with E-state index in [1.807, 2.05) is 13.0 Å². The van der Waals surface area contributed by atoms with Crippen LogP contribution in [0.3, 0.4) is 0 Å². The van der Waals surface area contributed by atoms with Gasteiger partial charge in [0.1, 0.15) is 11.8 Å². The Hall–Kier alpha value is -2.71. The van der Waals surface area contributed by atoms with Gasteiger partial charge in [0.2, 0.25) is 11.8 Å². The van der Waals surface area contributed by atoms with Gasteiger partial charge < -0.3 is 25.3 Å². The molecule has 2 aliphatic rings. The number of likely N-dealkylation sites (tertiary alicyclic amines) is 1. The van der Waals surface area contributed by atoms with E-state index >= 15 is 0 Å². The zero-order chi connectivity index (χ0) is 24.2. The van der Waals surface area contributed by atoms with Gasteiger partial charge in [0.25, 0.3) is 0 Å². The summed E-state index contributed by atoms with van der Waals surface area (Å²) in [7, 11) is 0. The van der Waals surface area contributed by atoms with Crippen LogP contribution in [0.4, 0.5) is 0 Å². The fraction of sp³-hybridized carbons (Fsp3) is 0.560. The number of rotatable bonds is 11. The molecular weight excluding hydrogens is 422 g/mol. The van der Waals surface area contributed by atoms with Gasteiger partial charge in [-0.2, -0.15) is 0 Å². The van der Waals surface area contributed by atoms with Crippen molar-refractivity contribution in [3.63, 3.8) is 0 Å². The molecule has 0 saturated carbocycles. The van der Waals surface area contributed by atoms with Crippen LogP contribution in [0.25, 0.3) is 0 Å². The molecule has 2 unspecified atom stereocenters. The predicted molar refractivity (Wildman–Crippen MR) is 128 cm³/mol. The van der Waals surface area contributed by atoms with Crippen LogP contribution in [-0.4, -0.2) is 65.0 Å². The second kappa shape index (κ2) is 13.7. The second-order valence-electron chi connectivity index (χ2n) is 8.36. The number of carbonyl (C=O) groups excluding carboxylic acids is 2. The highest BCUT2D eigenvalue weighted by Crippen LogP contribution is 2.22. The maximum Gasteiger partial charge on any atom is 0.243 e. The van der Waals surface area contributed by atoms with Gasteiger partial charge in [-0.1, -0.05) is 48.9 Å². The van der Waals surface area contributed by atoms with E-state index in [1.54, 1.807) is 6.08 Å². The minimum atomic E-state index is -0.807. The van der Waals surface area contributed by atoms with Gasteiger partial charge in [-0.05, 0) is 43.8 Å². The predicted octanol–water partition coefficient (Wildman–Crippen LogP) is 2.74.